The van der Waals surface area contributed by atoms with Crippen molar-refractivity contribution in [3.8, 4) is 0 Å². The maximum atomic E-state index is 6.19. The SMILES string of the molecule is COCCN(C(C)C)C1(CN)CC(C)CC(C)C1. The molecule has 2 N–H and O–H groups in total. The lowest BCUT2D eigenvalue weighted by atomic mass is 9.70. The second-order valence-electron chi connectivity index (χ2n) is 6.56. The van der Waals surface area contributed by atoms with Crippen LogP contribution < -0.4 is 5.73 Å². The maximum Gasteiger partial charge on any atom is 0.0590 e. The molecule has 0 bridgehead atoms. The van der Waals surface area contributed by atoms with Crippen LogP contribution in [0.3, 0.4) is 0 Å². The van der Waals surface area contributed by atoms with Crippen LogP contribution in [-0.4, -0.2) is 43.3 Å². The Labute approximate surface area is 113 Å². The zero-order valence-electron chi connectivity index (χ0n) is 12.9. The molecule has 0 spiro atoms. The van der Waals surface area contributed by atoms with E-state index < -0.39 is 0 Å². The highest BCUT2D eigenvalue weighted by atomic mass is 16.5. The molecule has 3 heteroatoms. The fourth-order valence-electron chi connectivity index (χ4n) is 3.99. The van der Waals surface area contributed by atoms with Gasteiger partial charge < -0.3 is 10.5 Å². The summed E-state index contributed by atoms with van der Waals surface area (Å²) in [6.07, 6.45) is 3.81. The zero-order chi connectivity index (χ0) is 13.8. The molecular formula is C15H32N2O. The quantitative estimate of drug-likeness (QED) is 0.793. The lowest BCUT2D eigenvalue weighted by Crippen LogP contribution is -2.60. The summed E-state index contributed by atoms with van der Waals surface area (Å²) in [7, 11) is 1.78. The van der Waals surface area contributed by atoms with E-state index in [2.05, 4.69) is 32.6 Å². The van der Waals surface area contributed by atoms with Gasteiger partial charge in [-0.1, -0.05) is 13.8 Å². The van der Waals surface area contributed by atoms with Crippen LogP contribution >= 0.6 is 0 Å². The Morgan fingerprint density at radius 3 is 2.22 bits per heavy atom. The first kappa shape index (κ1) is 15.9. The van der Waals surface area contributed by atoms with Gasteiger partial charge >= 0.3 is 0 Å². The number of nitrogens with zero attached hydrogens (tertiary/aromatic N) is 1. The van der Waals surface area contributed by atoms with Gasteiger partial charge in [-0.2, -0.15) is 0 Å². The van der Waals surface area contributed by atoms with Crippen molar-refractivity contribution in [2.24, 2.45) is 17.6 Å². The highest BCUT2D eigenvalue weighted by Crippen LogP contribution is 2.40. The standard InChI is InChI=1S/C15H32N2O/c1-12(2)17(6-7-18-5)15(11-16)9-13(3)8-14(4)10-15/h12-14H,6-11,16H2,1-5H3. The molecule has 0 aromatic carbocycles. The fourth-order valence-corrected chi connectivity index (χ4v) is 3.99. The third-order valence-electron chi connectivity index (χ3n) is 4.41. The molecule has 1 aliphatic carbocycles. The van der Waals surface area contributed by atoms with E-state index in [9.17, 15) is 0 Å². The van der Waals surface area contributed by atoms with Crippen molar-refractivity contribution in [3.63, 3.8) is 0 Å². The van der Waals surface area contributed by atoms with Gasteiger partial charge in [0, 0.05) is 31.8 Å². The third kappa shape index (κ3) is 3.69. The normalized spacial score (nSPS) is 33.3. The van der Waals surface area contributed by atoms with Crippen LogP contribution in [0.15, 0.2) is 0 Å². The van der Waals surface area contributed by atoms with Crippen LogP contribution in [-0.2, 0) is 4.74 Å². The van der Waals surface area contributed by atoms with E-state index in [1.807, 2.05) is 0 Å². The summed E-state index contributed by atoms with van der Waals surface area (Å²) in [5.41, 5.74) is 6.37. The maximum absolute atomic E-state index is 6.19. The molecule has 0 aromatic rings. The highest BCUT2D eigenvalue weighted by Gasteiger charge is 2.42. The summed E-state index contributed by atoms with van der Waals surface area (Å²) in [5.74, 6) is 1.56. The predicted molar refractivity (Wildman–Crippen MR) is 77.7 cm³/mol. The second-order valence-corrected chi connectivity index (χ2v) is 6.56. The molecule has 0 aromatic heterocycles. The van der Waals surface area contributed by atoms with Crippen LogP contribution in [0.2, 0.25) is 0 Å². The van der Waals surface area contributed by atoms with E-state index in [-0.39, 0.29) is 5.54 Å². The molecule has 2 atom stereocenters. The molecule has 2 unspecified atom stereocenters. The van der Waals surface area contributed by atoms with Crippen molar-refractivity contribution >= 4 is 0 Å². The van der Waals surface area contributed by atoms with Crippen molar-refractivity contribution in [2.75, 3.05) is 26.8 Å². The molecular weight excluding hydrogens is 224 g/mol. The van der Waals surface area contributed by atoms with Crippen LogP contribution in [0.1, 0.15) is 47.0 Å². The van der Waals surface area contributed by atoms with Gasteiger partial charge in [-0.15, -0.1) is 0 Å². The number of nitrogens with two attached hydrogens (primary N) is 1. The first-order valence-electron chi connectivity index (χ1n) is 7.41. The molecule has 1 fully saturated rings. The largest absolute Gasteiger partial charge is 0.383 e. The van der Waals surface area contributed by atoms with Crippen molar-refractivity contribution in [1.29, 1.82) is 0 Å². The summed E-state index contributed by atoms with van der Waals surface area (Å²) in [4.78, 5) is 2.59. The molecule has 0 saturated heterocycles. The van der Waals surface area contributed by atoms with Gasteiger partial charge in [-0.05, 0) is 44.9 Å². The van der Waals surface area contributed by atoms with Gasteiger partial charge in [0.15, 0.2) is 0 Å². The van der Waals surface area contributed by atoms with Gasteiger partial charge in [-0.3, -0.25) is 4.90 Å². The number of hydrogen-bond acceptors (Lipinski definition) is 3. The zero-order valence-corrected chi connectivity index (χ0v) is 12.9. The predicted octanol–water partition coefficient (Wildman–Crippen LogP) is 2.50. The molecule has 0 aliphatic heterocycles. The first-order chi connectivity index (χ1) is 8.45. The number of methoxy groups -OCH3 is 1. The second kappa shape index (κ2) is 6.88. The lowest BCUT2D eigenvalue weighted by Gasteiger charge is -2.51. The molecule has 18 heavy (non-hydrogen) atoms. The summed E-state index contributed by atoms with van der Waals surface area (Å²) in [5, 5.41) is 0. The molecule has 3 nitrogen and oxygen atoms in total. The number of ether oxygens (including phenoxy) is 1. The Bertz CT molecular complexity index is 233. The minimum absolute atomic E-state index is 0.184. The third-order valence-corrected chi connectivity index (χ3v) is 4.41. The van der Waals surface area contributed by atoms with Gasteiger partial charge in [0.1, 0.15) is 0 Å². The summed E-state index contributed by atoms with van der Waals surface area (Å²) in [6, 6.07) is 0.529. The smallest absolute Gasteiger partial charge is 0.0590 e. The first-order valence-corrected chi connectivity index (χ1v) is 7.41. The molecule has 0 radical (unpaired) electrons. The summed E-state index contributed by atoms with van der Waals surface area (Å²) < 4.78 is 5.27. The van der Waals surface area contributed by atoms with E-state index >= 15 is 0 Å². The molecule has 0 heterocycles. The Balaban J connectivity index is 2.87. The molecule has 1 aliphatic rings. The van der Waals surface area contributed by atoms with Crippen molar-refractivity contribution in [1.82, 2.24) is 4.90 Å². The Morgan fingerprint density at radius 2 is 1.83 bits per heavy atom. The molecule has 1 rings (SSSR count). The molecule has 108 valence electrons. The van der Waals surface area contributed by atoms with Gasteiger partial charge in [0.05, 0.1) is 6.61 Å². The topological polar surface area (TPSA) is 38.5 Å². The number of hydrogen-bond donors (Lipinski definition) is 1. The summed E-state index contributed by atoms with van der Waals surface area (Å²) in [6.45, 7) is 11.8. The van der Waals surface area contributed by atoms with Crippen molar-refractivity contribution < 1.29 is 4.74 Å². The minimum atomic E-state index is 0.184. The van der Waals surface area contributed by atoms with E-state index in [1.54, 1.807) is 7.11 Å². The average Bonchev–Trinajstić information content (AvgIpc) is 2.27. The monoisotopic (exact) mass is 256 g/mol. The Hall–Kier alpha value is -0.120. The van der Waals surface area contributed by atoms with Gasteiger partial charge in [-0.25, -0.2) is 0 Å². The van der Waals surface area contributed by atoms with E-state index in [4.69, 9.17) is 10.5 Å². The van der Waals surface area contributed by atoms with Crippen LogP contribution in [0.4, 0.5) is 0 Å². The van der Waals surface area contributed by atoms with Gasteiger partial charge in [0.25, 0.3) is 0 Å². The number of rotatable bonds is 6. The van der Waals surface area contributed by atoms with E-state index in [0.29, 0.717) is 6.04 Å². The highest BCUT2D eigenvalue weighted by molar-refractivity contribution is 4.98. The van der Waals surface area contributed by atoms with E-state index in [0.717, 1.165) is 31.5 Å². The minimum Gasteiger partial charge on any atom is -0.383 e. The fraction of sp³-hybridized carbons (Fsp3) is 1.00. The van der Waals surface area contributed by atoms with Crippen molar-refractivity contribution in [3.05, 3.63) is 0 Å². The molecule has 0 amide bonds. The van der Waals surface area contributed by atoms with Crippen LogP contribution in [0.25, 0.3) is 0 Å². The Morgan fingerprint density at radius 1 is 1.28 bits per heavy atom. The average molecular weight is 256 g/mol. The molecule has 1 saturated carbocycles. The Kier molecular flexibility index (Phi) is 6.09. The van der Waals surface area contributed by atoms with Crippen LogP contribution in [0, 0.1) is 11.8 Å². The van der Waals surface area contributed by atoms with Crippen LogP contribution in [0.5, 0.6) is 0 Å². The van der Waals surface area contributed by atoms with Crippen molar-refractivity contribution in [2.45, 2.75) is 58.5 Å². The van der Waals surface area contributed by atoms with E-state index in [1.165, 1.54) is 19.3 Å². The van der Waals surface area contributed by atoms with Gasteiger partial charge in [0.2, 0.25) is 0 Å². The lowest BCUT2D eigenvalue weighted by molar-refractivity contribution is -0.0159. The summed E-state index contributed by atoms with van der Waals surface area (Å²) >= 11 is 0.